The van der Waals surface area contributed by atoms with Gasteiger partial charge in [0.25, 0.3) is 5.56 Å². The molecule has 0 amide bonds. The Bertz CT molecular complexity index is 829. The minimum absolute atomic E-state index is 0.0160. The van der Waals surface area contributed by atoms with E-state index in [1.165, 1.54) is 19.2 Å². The number of sulfone groups is 1. The molecule has 0 fully saturated rings. The second-order valence-corrected chi connectivity index (χ2v) is 6.10. The average molecular weight is 280 g/mol. The molecule has 0 aliphatic rings. The van der Waals surface area contributed by atoms with Crippen LogP contribution in [0.4, 0.5) is 0 Å². The summed E-state index contributed by atoms with van der Waals surface area (Å²) >= 11 is 0. The molecule has 1 heterocycles. The van der Waals surface area contributed by atoms with Crippen LogP contribution in [-0.2, 0) is 16.9 Å². The van der Waals surface area contributed by atoms with Crippen molar-refractivity contribution in [2.45, 2.75) is 16.7 Å². The lowest BCUT2D eigenvalue weighted by molar-refractivity contribution is 0.591. The highest BCUT2D eigenvalue weighted by atomic mass is 32.2. The molecule has 0 saturated carbocycles. The van der Waals surface area contributed by atoms with Gasteiger partial charge in [-0.15, -0.1) is 0 Å². The molecule has 0 bridgehead atoms. The van der Waals surface area contributed by atoms with Crippen LogP contribution in [0.15, 0.2) is 49.8 Å². The summed E-state index contributed by atoms with van der Waals surface area (Å²) in [5, 5.41) is 0. The van der Waals surface area contributed by atoms with Gasteiger partial charge in [0.2, 0.25) is 9.84 Å². The van der Waals surface area contributed by atoms with Crippen LogP contribution in [0.2, 0.25) is 0 Å². The lowest BCUT2D eigenvalue weighted by Crippen LogP contribution is -2.31. The monoisotopic (exact) mass is 280 g/mol. The fourth-order valence-electron chi connectivity index (χ4n) is 1.58. The number of hydrogen-bond acceptors (Lipinski definition) is 4. The Morgan fingerprint density at radius 2 is 1.68 bits per heavy atom. The predicted octanol–water partition coefficient (Wildman–Crippen LogP) is 0.215. The fraction of sp³-hybridized carbons (Fsp3) is 0.167. The Labute approximate surface area is 109 Å². The molecule has 1 aromatic heterocycles. The van der Waals surface area contributed by atoms with Gasteiger partial charge in [-0.3, -0.25) is 9.78 Å². The van der Waals surface area contributed by atoms with Crippen LogP contribution in [0.25, 0.3) is 0 Å². The zero-order valence-electron chi connectivity index (χ0n) is 10.4. The highest BCUT2D eigenvalue weighted by Crippen LogP contribution is 2.17. The summed E-state index contributed by atoms with van der Waals surface area (Å²) in [5.41, 5.74) is -0.662. The minimum Gasteiger partial charge on any atom is -0.302 e. The van der Waals surface area contributed by atoms with Crippen molar-refractivity contribution >= 4 is 9.84 Å². The molecular formula is C12H12N2O4S. The van der Waals surface area contributed by atoms with Crippen LogP contribution in [-0.4, -0.2) is 18.0 Å². The topological polar surface area (TPSA) is 89.0 Å². The van der Waals surface area contributed by atoms with E-state index in [1.807, 2.05) is 11.9 Å². The van der Waals surface area contributed by atoms with Crippen molar-refractivity contribution in [3.05, 3.63) is 56.9 Å². The molecule has 7 heteroatoms. The van der Waals surface area contributed by atoms with Crippen molar-refractivity contribution in [1.29, 1.82) is 0 Å². The van der Waals surface area contributed by atoms with Crippen molar-refractivity contribution in [1.82, 2.24) is 9.55 Å². The Morgan fingerprint density at radius 1 is 1.11 bits per heavy atom. The Morgan fingerprint density at radius 3 is 2.26 bits per heavy atom. The molecule has 0 spiro atoms. The van der Waals surface area contributed by atoms with Crippen molar-refractivity contribution in [2.75, 3.05) is 0 Å². The maximum atomic E-state index is 12.3. The first-order chi connectivity index (χ1) is 8.82. The van der Waals surface area contributed by atoms with Crippen molar-refractivity contribution < 1.29 is 8.42 Å². The van der Waals surface area contributed by atoms with Gasteiger partial charge in [0.05, 0.1) is 4.90 Å². The highest BCUT2D eigenvalue weighted by Gasteiger charge is 2.22. The largest absolute Gasteiger partial charge is 0.328 e. The number of aromatic nitrogens is 2. The second kappa shape index (κ2) is 4.51. The zero-order chi connectivity index (χ0) is 14.2. The molecule has 0 aliphatic carbocycles. The molecule has 19 heavy (non-hydrogen) atoms. The van der Waals surface area contributed by atoms with Gasteiger partial charge in [0.15, 0.2) is 4.90 Å². The number of aryl methyl sites for hydroxylation is 2. The van der Waals surface area contributed by atoms with E-state index in [0.717, 1.165) is 16.3 Å². The van der Waals surface area contributed by atoms with Gasteiger partial charge in [-0.2, -0.15) is 0 Å². The number of hydrogen-bond donors (Lipinski definition) is 1. The SMILES string of the molecule is Cc1ccc(S(=O)(=O)c2cn(C)c(=O)[nH]c2=O)cc1. The molecular weight excluding hydrogens is 268 g/mol. The molecule has 0 saturated heterocycles. The third-order valence-electron chi connectivity index (χ3n) is 2.70. The van der Waals surface area contributed by atoms with Gasteiger partial charge >= 0.3 is 5.69 Å². The zero-order valence-corrected chi connectivity index (χ0v) is 11.2. The van der Waals surface area contributed by atoms with E-state index in [-0.39, 0.29) is 4.90 Å². The number of nitrogens with one attached hydrogen (secondary N) is 1. The molecule has 1 N–H and O–H groups in total. The normalized spacial score (nSPS) is 11.5. The summed E-state index contributed by atoms with van der Waals surface area (Å²) in [7, 11) is -2.56. The Kier molecular flexibility index (Phi) is 3.15. The summed E-state index contributed by atoms with van der Waals surface area (Å²) in [5.74, 6) is 0. The van der Waals surface area contributed by atoms with Crippen molar-refractivity contribution in [3.63, 3.8) is 0 Å². The number of rotatable bonds is 2. The Hall–Kier alpha value is -2.15. The Balaban J connectivity index is 2.70. The highest BCUT2D eigenvalue weighted by molar-refractivity contribution is 7.91. The van der Waals surface area contributed by atoms with Crippen LogP contribution in [0.5, 0.6) is 0 Å². The van der Waals surface area contributed by atoms with Crippen LogP contribution < -0.4 is 11.2 Å². The molecule has 2 aromatic rings. The van der Waals surface area contributed by atoms with E-state index in [1.54, 1.807) is 12.1 Å². The van der Waals surface area contributed by atoms with Gasteiger partial charge in [-0.1, -0.05) is 17.7 Å². The second-order valence-electron chi connectivity index (χ2n) is 4.18. The molecule has 0 unspecified atom stereocenters. The lowest BCUT2D eigenvalue weighted by atomic mass is 10.2. The number of benzene rings is 1. The van der Waals surface area contributed by atoms with E-state index < -0.39 is 26.0 Å². The predicted molar refractivity (Wildman–Crippen MR) is 68.9 cm³/mol. The first-order valence-corrected chi connectivity index (χ1v) is 6.92. The number of H-pyrrole nitrogens is 1. The fourth-order valence-corrected chi connectivity index (χ4v) is 2.92. The quantitative estimate of drug-likeness (QED) is 0.852. The third kappa shape index (κ3) is 2.37. The van der Waals surface area contributed by atoms with Crippen LogP contribution in [0.3, 0.4) is 0 Å². The number of nitrogens with zero attached hydrogens (tertiary/aromatic N) is 1. The summed E-state index contributed by atoms with van der Waals surface area (Å²) in [6, 6.07) is 6.14. The molecule has 0 aliphatic heterocycles. The molecule has 6 nitrogen and oxygen atoms in total. The minimum atomic E-state index is -3.93. The van der Waals surface area contributed by atoms with Gasteiger partial charge in [0.1, 0.15) is 0 Å². The molecule has 2 rings (SSSR count). The van der Waals surface area contributed by atoms with Gasteiger partial charge in [0, 0.05) is 13.2 Å². The summed E-state index contributed by atoms with van der Waals surface area (Å²) in [4.78, 5) is 24.4. The lowest BCUT2D eigenvalue weighted by Gasteiger charge is -2.05. The van der Waals surface area contributed by atoms with Crippen LogP contribution in [0, 0.1) is 6.92 Å². The van der Waals surface area contributed by atoms with E-state index >= 15 is 0 Å². The van der Waals surface area contributed by atoms with Crippen LogP contribution >= 0.6 is 0 Å². The maximum absolute atomic E-state index is 12.3. The molecule has 0 atom stereocenters. The summed E-state index contributed by atoms with van der Waals surface area (Å²) < 4.78 is 25.6. The van der Waals surface area contributed by atoms with E-state index in [2.05, 4.69) is 0 Å². The van der Waals surface area contributed by atoms with Gasteiger partial charge < -0.3 is 4.57 Å². The molecule has 1 aromatic carbocycles. The van der Waals surface area contributed by atoms with E-state index in [9.17, 15) is 18.0 Å². The standard InChI is InChI=1S/C12H12N2O4S/c1-8-3-5-9(6-4-8)19(17,18)10-7-14(2)12(16)13-11(10)15/h3-7H,1-2H3,(H,13,15,16). The van der Waals surface area contributed by atoms with Gasteiger partial charge in [-0.25, -0.2) is 13.2 Å². The summed E-state index contributed by atoms with van der Waals surface area (Å²) in [6.07, 6.45) is 1.02. The van der Waals surface area contributed by atoms with Crippen molar-refractivity contribution in [3.8, 4) is 0 Å². The molecule has 0 radical (unpaired) electrons. The maximum Gasteiger partial charge on any atom is 0.328 e. The molecule has 100 valence electrons. The first-order valence-electron chi connectivity index (χ1n) is 5.44. The third-order valence-corrected chi connectivity index (χ3v) is 4.46. The van der Waals surface area contributed by atoms with Crippen LogP contribution in [0.1, 0.15) is 5.56 Å². The van der Waals surface area contributed by atoms with Crippen molar-refractivity contribution in [2.24, 2.45) is 7.05 Å². The van der Waals surface area contributed by atoms with Gasteiger partial charge in [-0.05, 0) is 19.1 Å². The first kappa shape index (κ1) is 13.3. The number of aromatic amines is 1. The van der Waals surface area contributed by atoms with E-state index in [0.29, 0.717) is 0 Å². The average Bonchev–Trinajstić information content (AvgIpc) is 2.34. The smallest absolute Gasteiger partial charge is 0.302 e. The van der Waals surface area contributed by atoms with E-state index in [4.69, 9.17) is 0 Å². The summed E-state index contributed by atoms with van der Waals surface area (Å²) in [6.45, 7) is 1.83.